The second-order valence-corrected chi connectivity index (χ2v) is 8.24. The Balaban J connectivity index is 2.01. The van der Waals surface area contributed by atoms with E-state index in [4.69, 9.17) is 4.74 Å². The normalized spacial score (nSPS) is 15.9. The number of benzene rings is 3. The highest BCUT2D eigenvalue weighted by molar-refractivity contribution is 9.10. The third kappa shape index (κ3) is 3.64. The molecule has 0 aromatic heterocycles. The molecule has 0 radical (unpaired) electrons. The van der Waals surface area contributed by atoms with E-state index < -0.39 is 0 Å². The van der Waals surface area contributed by atoms with E-state index in [1.807, 2.05) is 37.2 Å². The SMILES string of the molecule is Cc1ccc(C2C(C#N)=C(/N=C/N(C)C)Oc3ccc4cc(Br)ccc4c32)cc1. The summed E-state index contributed by atoms with van der Waals surface area (Å²) in [5.74, 6) is 0.828. The largest absolute Gasteiger partial charge is 0.438 e. The third-order valence-electron chi connectivity index (χ3n) is 4.93. The summed E-state index contributed by atoms with van der Waals surface area (Å²) < 4.78 is 7.14. The van der Waals surface area contributed by atoms with Crippen LogP contribution in [0.4, 0.5) is 0 Å². The first-order valence-electron chi connectivity index (χ1n) is 9.29. The maximum Gasteiger partial charge on any atom is 0.235 e. The molecule has 29 heavy (non-hydrogen) atoms. The van der Waals surface area contributed by atoms with E-state index in [9.17, 15) is 5.26 Å². The number of ether oxygens (including phenoxy) is 1. The molecule has 1 atom stereocenters. The van der Waals surface area contributed by atoms with E-state index in [0.717, 1.165) is 32.1 Å². The minimum absolute atomic E-state index is 0.247. The molecule has 0 bridgehead atoms. The number of allylic oxidation sites excluding steroid dienone is 1. The van der Waals surface area contributed by atoms with Crippen molar-refractivity contribution in [3.8, 4) is 11.8 Å². The molecule has 0 amide bonds. The van der Waals surface area contributed by atoms with E-state index in [1.54, 1.807) is 6.34 Å². The maximum absolute atomic E-state index is 10.1. The maximum atomic E-state index is 10.1. The van der Waals surface area contributed by atoms with E-state index in [0.29, 0.717) is 11.5 Å². The van der Waals surface area contributed by atoms with Crippen molar-refractivity contribution in [2.24, 2.45) is 4.99 Å². The molecule has 0 N–H and O–H groups in total. The first-order valence-corrected chi connectivity index (χ1v) is 10.1. The van der Waals surface area contributed by atoms with Crippen molar-refractivity contribution in [2.45, 2.75) is 12.8 Å². The van der Waals surface area contributed by atoms with Crippen LogP contribution >= 0.6 is 15.9 Å². The van der Waals surface area contributed by atoms with E-state index in [-0.39, 0.29) is 5.92 Å². The van der Waals surface area contributed by atoms with Crippen LogP contribution in [-0.2, 0) is 0 Å². The zero-order chi connectivity index (χ0) is 20.5. The number of hydrogen-bond acceptors (Lipinski definition) is 3. The average Bonchev–Trinajstić information content (AvgIpc) is 2.71. The van der Waals surface area contributed by atoms with Crippen molar-refractivity contribution in [3.05, 3.63) is 87.2 Å². The van der Waals surface area contributed by atoms with Gasteiger partial charge in [0.2, 0.25) is 5.88 Å². The first kappa shape index (κ1) is 19.2. The molecule has 144 valence electrons. The Hall–Kier alpha value is -3.10. The van der Waals surface area contributed by atoms with Crippen LogP contribution in [0.15, 0.2) is 75.5 Å². The molecule has 1 unspecified atom stereocenters. The van der Waals surface area contributed by atoms with Gasteiger partial charge in [0.25, 0.3) is 0 Å². The molecule has 3 aromatic rings. The van der Waals surface area contributed by atoms with Crippen molar-refractivity contribution in [1.82, 2.24) is 4.90 Å². The molecule has 4 rings (SSSR count). The van der Waals surface area contributed by atoms with Gasteiger partial charge in [-0.15, -0.1) is 0 Å². The number of aliphatic imine (C=N–C) groups is 1. The second-order valence-electron chi connectivity index (χ2n) is 7.33. The topological polar surface area (TPSA) is 48.6 Å². The van der Waals surface area contributed by atoms with Gasteiger partial charge in [-0.3, -0.25) is 0 Å². The van der Waals surface area contributed by atoms with Crippen molar-refractivity contribution in [2.75, 3.05) is 14.1 Å². The van der Waals surface area contributed by atoms with Crippen LogP contribution in [0, 0.1) is 18.3 Å². The molecule has 5 heteroatoms. The summed E-state index contributed by atoms with van der Waals surface area (Å²) in [6.45, 7) is 2.06. The van der Waals surface area contributed by atoms with Gasteiger partial charge < -0.3 is 9.64 Å². The fraction of sp³-hybridized carbons (Fsp3) is 0.167. The quantitative estimate of drug-likeness (QED) is 0.380. The van der Waals surface area contributed by atoms with Crippen LogP contribution in [0.5, 0.6) is 5.75 Å². The van der Waals surface area contributed by atoms with Crippen molar-refractivity contribution < 1.29 is 4.74 Å². The number of nitriles is 1. The van der Waals surface area contributed by atoms with Gasteiger partial charge in [-0.25, -0.2) is 4.99 Å². The summed E-state index contributed by atoms with van der Waals surface area (Å²) in [5, 5.41) is 12.2. The number of aryl methyl sites for hydroxylation is 1. The Labute approximate surface area is 178 Å². The van der Waals surface area contributed by atoms with Crippen LogP contribution < -0.4 is 4.74 Å². The Kier molecular flexibility index (Phi) is 5.12. The summed E-state index contributed by atoms with van der Waals surface area (Å²) >= 11 is 3.55. The van der Waals surface area contributed by atoms with Gasteiger partial charge in [-0.05, 0) is 41.5 Å². The summed E-state index contributed by atoms with van der Waals surface area (Å²) in [6.07, 6.45) is 1.65. The Bertz CT molecular complexity index is 1190. The second kappa shape index (κ2) is 7.73. The molecule has 0 fully saturated rings. The highest BCUT2D eigenvalue weighted by Crippen LogP contribution is 2.46. The van der Waals surface area contributed by atoms with E-state index in [1.165, 1.54) is 5.56 Å². The molecule has 4 nitrogen and oxygen atoms in total. The van der Waals surface area contributed by atoms with Gasteiger partial charge >= 0.3 is 0 Å². The van der Waals surface area contributed by atoms with Gasteiger partial charge in [0.15, 0.2) is 0 Å². The fourth-order valence-electron chi connectivity index (χ4n) is 3.59. The minimum Gasteiger partial charge on any atom is -0.438 e. The van der Waals surface area contributed by atoms with Crippen LogP contribution in [0.1, 0.15) is 22.6 Å². The number of hydrogen-bond donors (Lipinski definition) is 0. The van der Waals surface area contributed by atoms with Gasteiger partial charge in [0.05, 0.1) is 12.3 Å². The predicted octanol–water partition coefficient (Wildman–Crippen LogP) is 5.76. The van der Waals surface area contributed by atoms with Crippen LogP contribution in [-0.4, -0.2) is 25.3 Å². The summed E-state index contributed by atoms with van der Waals surface area (Å²) in [5.41, 5.74) is 3.73. The van der Waals surface area contributed by atoms with E-state index >= 15 is 0 Å². The molecule has 0 spiro atoms. The molecule has 1 heterocycles. The summed E-state index contributed by atoms with van der Waals surface area (Å²) in [4.78, 5) is 6.27. The van der Waals surface area contributed by atoms with Crippen molar-refractivity contribution in [3.63, 3.8) is 0 Å². The zero-order valence-corrected chi connectivity index (χ0v) is 18.1. The van der Waals surface area contributed by atoms with Gasteiger partial charge in [0.1, 0.15) is 17.4 Å². The number of halogens is 1. The average molecular weight is 446 g/mol. The Morgan fingerprint density at radius 1 is 1.10 bits per heavy atom. The zero-order valence-electron chi connectivity index (χ0n) is 16.5. The highest BCUT2D eigenvalue weighted by Gasteiger charge is 2.33. The monoisotopic (exact) mass is 445 g/mol. The van der Waals surface area contributed by atoms with Crippen LogP contribution in [0.3, 0.4) is 0 Å². The third-order valence-corrected chi connectivity index (χ3v) is 5.43. The predicted molar refractivity (Wildman–Crippen MR) is 120 cm³/mol. The van der Waals surface area contributed by atoms with Crippen molar-refractivity contribution >= 4 is 33.0 Å². The lowest BCUT2D eigenvalue weighted by Crippen LogP contribution is -2.17. The molecule has 0 aliphatic carbocycles. The molecule has 0 saturated carbocycles. The van der Waals surface area contributed by atoms with Crippen molar-refractivity contribution in [1.29, 1.82) is 5.26 Å². The van der Waals surface area contributed by atoms with E-state index in [2.05, 4.69) is 70.3 Å². The molecule has 1 aliphatic heterocycles. The fourth-order valence-corrected chi connectivity index (χ4v) is 3.97. The van der Waals surface area contributed by atoms with Gasteiger partial charge in [-0.1, -0.05) is 57.9 Å². The standard InChI is InChI=1S/C24H20BrN3O/c1-15-4-6-16(7-5-15)22-20(13-26)24(27-14-28(2)3)29-21-11-8-17-12-18(25)9-10-19(17)23(21)22/h4-12,14,22H,1-3H3/b27-14+. The van der Waals surface area contributed by atoms with Crippen LogP contribution in [0.25, 0.3) is 10.8 Å². The molecule has 1 aliphatic rings. The molecule has 0 saturated heterocycles. The first-order chi connectivity index (χ1) is 14.0. The minimum atomic E-state index is -0.247. The number of rotatable bonds is 3. The summed E-state index contributed by atoms with van der Waals surface area (Å²) in [7, 11) is 3.77. The Morgan fingerprint density at radius 2 is 1.86 bits per heavy atom. The lowest BCUT2D eigenvalue weighted by Gasteiger charge is -2.28. The highest BCUT2D eigenvalue weighted by atomic mass is 79.9. The lowest BCUT2D eigenvalue weighted by atomic mass is 9.81. The molecular formula is C24H20BrN3O. The smallest absolute Gasteiger partial charge is 0.235 e. The van der Waals surface area contributed by atoms with Crippen LogP contribution in [0.2, 0.25) is 0 Å². The number of nitrogens with zero attached hydrogens (tertiary/aromatic N) is 3. The summed E-state index contributed by atoms with van der Waals surface area (Å²) in [6, 6.07) is 20.9. The Morgan fingerprint density at radius 3 is 2.55 bits per heavy atom. The van der Waals surface area contributed by atoms with Gasteiger partial charge in [-0.2, -0.15) is 5.26 Å². The lowest BCUT2D eigenvalue weighted by molar-refractivity contribution is 0.395. The van der Waals surface area contributed by atoms with Gasteiger partial charge in [0, 0.05) is 24.1 Å². The molecule has 3 aromatic carbocycles. The molecular weight excluding hydrogens is 426 g/mol. The number of fused-ring (bicyclic) bond motifs is 3.